The van der Waals surface area contributed by atoms with Gasteiger partial charge in [-0.15, -0.1) is 0 Å². The van der Waals surface area contributed by atoms with Crippen molar-refractivity contribution in [3.8, 4) is 0 Å². The minimum absolute atomic E-state index is 0.0991. The largest absolute Gasteiger partial charge is 0.353 e. The zero-order chi connectivity index (χ0) is 18.4. The molecule has 0 radical (unpaired) electrons. The van der Waals surface area contributed by atoms with Gasteiger partial charge in [0.25, 0.3) is 0 Å². The van der Waals surface area contributed by atoms with Crippen LogP contribution in [-0.2, 0) is 17.9 Å². The molecule has 26 heavy (non-hydrogen) atoms. The van der Waals surface area contributed by atoms with Gasteiger partial charge in [-0.1, -0.05) is 31.2 Å². The average Bonchev–Trinajstić information content (AvgIpc) is 2.67. The maximum absolute atomic E-state index is 12.3. The van der Waals surface area contributed by atoms with E-state index >= 15 is 0 Å². The Kier molecular flexibility index (Phi) is 6.46. The summed E-state index contributed by atoms with van der Waals surface area (Å²) in [5, 5.41) is 5.70. The standard InChI is InChI=1S/C19H29N5O2/c1-2-22-9-11-23(12-10-22)14-17-6-4-3-5-16(17)13-21-19(26)24-8-7-20-18(25)15-24/h3-6H,2,7-15H2,1H3,(H,20,25)(H,21,26). The SMILES string of the molecule is CCN1CCN(Cc2ccccc2CNC(=O)N2CCNC(=O)C2)CC1. The Balaban J connectivity index is 1.54. The summed E-state index contributed by atoms with van der Waals surface area (Å²) in [6, 6.07) is 8.10. The maximum Gasteiger partial charge on any atom is 0.318 e. The van der Waals surface area contributed by atoms with Crippen molar-refractivity contribution < 1.29 is 9.59 Å². The second-order valence-corrected chi connectivity index (χ2v) is 6.91. The third-order valence-electron chi connectivity index (χ3n) is 5.18. The molecule has 0 saturated carbocycles. The molecule has 7 heteroatoms. The van der Waals surface area contributed by atoms with Crippen LogP contribution in [0.2, 0.25) is 0 Å². The second-order valence-electron chi connectivity index (χ2n) is 6.91. The number of amides is 3. The molecule has 1 aromatic carbocycles. The van der Waals surface area contributed by atoms with E-state index in [1.54, 1.807) is 4.90 Å². The average molecular weight is 359 g/mol. The zero-order valence-corrected chi connectivity index (χ0v) is 15.5. The predicted molar refractivity (Wildman–Crippen MR) is 101 cm³/mol. The van der Waals surface area contributed by atoms with Gasteiger partial charge >= 0.3 is 6.03 Å². The number of nitrogens with zero attached hydrogens (tertiary/aromatic N) is 3. The number of hydrogen-bond acceptors (Lipinski definition) is 4. The molecule has 2 heterocycles. The number of likely N-dealkylation sites (N-methyl/N-ethyl adjacent to an activating group) is 1. The van der Waals surface area contributed by atoms with Crippen molar-refractivity contribution in [2.45, 2.75) is 20.0 Å². The molecule has 0 bridgehead atoms. The van der Waals surface area contributed by atoms with Crippen LogP contribution in [0.5, 0.6) is 0 Å². The van der Waals surface area contributed by atoms with Crippen molar-refractivity contribution in [2.75, 3.05) is 52.4 Å². The highest BCUT2D eigenvalue weighted by Gasteiger charge is 2.21. The lowest BCUT2D eigenvalue weighted by Gasteiger charge is -2.34. The molecule has 1 aromatic rings. The van der Waals surface area contributed by atoms with Gasteiger partial charge in [0.15, 0.2) is 0 Å². The summed E-state index contributed by atoms with van der Waals surface area (Å²) in [5.74, 6) is -0.0991. The summed E-state index contributed by atoms with van der Waals surface area (Å²) in [5.41, 5.74) is 2.40. The second kappa shape index (κ2) is 9.00. The molecule has 2 aliphatic heterocycles. The lowest BCUT2D eigenvalue weighted by atomic mass is 10.1. The normalized spacial score (nSPS) is 19.3. The highest BCUT2D eigenvalue weighted by atomic mass is 16.2. The van der Waals surface area contributed by atoms with E-state index in [1.165, 1.54) is 5.56 Å². The summed E-state index contributed by atoms with van der Waals surface area (Å²) in [4.78, 5) is 30.2. The molecule has 3 rings (SSSR count). The van der Waals surface area contributed by atoms with E-state index < -0.39 is 0 Å². The Bertz CT molecular complexity index is 628. The van der Waals surface area contributed by atoms with Gasteiger partial charge in [-0.05, 0) is 17.7 Å². The minimum atomic E-state index is -0.175. The monoisotopic (exact) mass is 359 g/mol. The first-order valence-corrected chi connectivity index (χ1v) is 9.46. The molecular formula is C19H29N5O2. The minimum Gasteiger partial charge on any atom is -0.353 e. The molecule has 0 spiro atoms. The smallest absolute Gasteiger partial charge is 0.318 e. The van der Waals surface area contributed by atoms with Crippen molar-refractivity contribution in [2.24, 2.45) is 0 Å². The first-order valence-electron chi connectivity index (χ1n) is 9.46. The van der Waals surface area contributed by atoms with Gasteiger partial charge in [0, 0.05) is 52.4 Å². The van der Waals surface area contributed by atoms with Crippen molar-refractivity contribution >= 4 is 11.9 Å². The van der Waals surface area contributed by atoms with Gasteiger partial charge in [0.2, 0.25) is 5.91 Å². The summed E-state index contributed by atoms with van der Waals surface area (Å²) in [6.07, 6.45) is 0. The fourth-order valence-corrected chi connectivity index (χ4v) is 3.48. The van der Waals surface area contributed by atoms with Crippen LogP contribution in [0, 0.1) is 0 Å². The number of carbonyl (C=O) groups is 2. The number of nitrogens with one attached hydrogen (secondary N) is 2. The molecule has 2 saturated heterocycles. The Labute approximate surface area is 155 Å². The Morgan fingerprint density at radius 1 is 1.08 bits per heavy atom. The molecule has 0 aromatic heterocycles. The van der Waals surface area contributed by atoms with Crippen LogP contribution in [0.15, 0.2) is 24.3 Å². The van der Waals surface area contributed by atoms with Crippen LogP contribution in [0.1, 0.15) is 18.1 Å². The summed E-state index contributed by atoms with van der Waals surface area (Å²) in [6.45, 7) is 10.3. The van der Waals surface area contributed by atoms with Crippen molar-refractivity contribution in [1.82, 2.24) is 25.3 Å². The van der Waals surface area contributed by atoms with E-state index in [0.717, 1.165) is 44.8 Å². The number of carbonyl (C=O) groups excluding carboxylic acids is 2. The van der Waals surface area contributed by atoms with Crippen LogP contribution in [-0.4, -0.2) is 79.0 Å². The van der Waals surface area contributed by atoms with Gasteiger partial charge in [-0.3, -0.25) is 9.69 Å². The molecule has 2 aliphatic rings. The number of piperazine rings is 2. The molecule has 0 atom stereocenters. The van der Waals surface area contributed by atoms with Crippen LogP contribution in [0.25, 0.3) is 0 Å². The maximum atomic E-state index is 12.3. The fraction of sp³-hybridized carbons (Fsp3) is 0.579. The molecule has 2 N–H and O–H groups in total. The van der Waals surface area contributed by atoms with E-state index in [9.17, 15) is 9.59 Å². The van der Waals surface area contributed by atoms with E-state index in [1.807, 2.05) is 6.07 Å². The first-order chi connectivity index (χ1) is 12.7. The fourth-order valence-electron chi connectivity index (χ4n) is 3.48. The molecule has 3 amide bonds. The summed E-state index contributed by atoms with van der Waals surface area (Å²) < 4.78 is 0. The van der Waals surface area contributed by atoms with Crippen LogP contribution in [0.4, 0.5) is 4.79 Å². The first kappa shape index (κ1) is 18.7. The molecule has 0 aliphatic carbocycles. The van der Waals surface area contributed by atoms with Gasteiger partial charge in [-0.25, -0.2) is 4.79 Å². The summed E-state index contributed by atoms with van der Waals surface area (Å²) in [7, 11) is 0. The molecule has 2 fully saturated rings. The lowest BCUT2D eigenvalue weighted by Crippen LogP contribution is -2.52. The third kappa shape index (κ3) is 4.95. The summed E-state index contributed by atoms with van der Waals surface area (Å²) >= 11 is 0. The van der Waals surface area contributed by atoms with E-state index in [0.29, 0.717) is 19.6 Å². The third-order valence-corrected chi connectivity index (χ3v) is 5.18. The van der Waals surface area contributed by atoms with Gasteiger partial charge in [0.05, 0.1) is 0 Å². The number of urea groups is 1. The highest BCUT2D eigenvalue weighted by Crippen LogP contribution is 2.14. The number of rotatable bonds is 5. The van der Waals surface area contributed by atoms with Crippen molar-refractivity contribution in [1.29, 1.82) is 0 Å². The van der Waals surface area contributed by atoms with Crippen LogP contribution < -0.4 is 10.6 Å². The molecule has 0 unspecified atom stereocenters. The Morgan fingerprint density at radius 2 is 1.77 bits per heavy atom. The quantitative estimate of drug-likeness (QED) is 0.802. The van der Waals surface area contributed by atoms with Crippen molar-refractivity contribution in [3.05, 3.63) is 35.4 Å². The Hall–Kier alpha value is -2.12. The molecule has 7 nitrogen and oxygen atoms in total. The van der Waals surface area contributed by atoms with E-state index in [2.05, 4.69) is 45.6 Å². The van der Waals surface area contributed by atoms with Crippen LogP contribution >= 0.6 is 0 Å². The predicted octanol–water partition coefficient (Wildman–Crippen LogP) is 0.466. The zero-order valence-electron chi connectivity index (χ0n) is 15.5. The number of hydrogen-bond donors (Lipinski definition) is 2. The van der Waals surface area contributed by atoms with Gasteiger partial charge in [-0.2, -0.15) is 0 Å². The van der Waals surface area contributed by atoms with Gasteiger partial charge < -0.3 is 20.4 Å². The molecular weight excluding hydrogens is 330 g/mol. The molecule has 142 valence electrons. The van der Waals surface area contributed by atoms with E-state index in [4.69, 9.17) is 0 Å². The number of benzene rings is 1. The van der Waals surface area contributed by atoms with Crippen molar-refractivity contribution in [3.63, 3.8) is 0 Å². The van der Waals surface area contributed by atoms with E-state index in [-0.39, 0.29) is 18.5 Å². The lowest BCUT2D eigenvalue weighted by molar-refractivity contribution is -0.123. The van der Waals surface area contributed by atoms with Gasteiger partial charge in [0.1, 0.15) is 6.54 Å². The van der Waals surface area contributed by atoms with Crippen LogP contribution in [0.3, 0.4) is 0 Å². The topological polar surface area (TPSA) is 67.9 Å². The highest BCUT2D eigenvalue weighted by molar-refractivity contribution is 5.85. The Morgan fingerprint density at radius 3 is 2.46 bits per heavy atom.